The minimum absolute atomic E-state index is 0.262. The monoisotopic (exact) mass is 329 g/mol. The summed E-state index contributed by atoms with van der Waals surface area (Å²) < 4.78 is 22.1. The zero-order chi connectivity index (χ0) is 16.9. The van der Waals surface area contributed by atoms with Crippen molar-refractivity contribution in [2.45, 2.75) is 19.0 Å². The van der Waals surface area contributed by atoms with Gasteiger partial charge in [-0.25, -0.2) is 0 Å². The molecule has 0 saturated carbocycles. The first-order chi connectivity index (χ1) is 11.8. The molecule has 3 rings (SSSR count). The fourth-order valence-electron chi connectivity index (χ4n) is 3.02. The first kappa shape index (κ1) is 16.5. The molecule has 24 heavy (non-hydrogen) atoms. The summed E-state index contributed by atoms with van der Waals surface area (Å²) in [5.41, 5.74) is 2.26. The number of rotatable bonds is 6. The molecular weight excluding hydrogens is 306 g/mol. The number of hydrogen-bond acceptors (Lipinski definition) is 5. The van der Waals surface area contributed by atoms with Gasteiger partial charge in [0.2, 0.25) is 5.75 Å². The van der Waals surface area contributed by atoms with Crippen LogP contribution in [0, 0.1) is 0 Å². The number of hydrogen-bond donors (Lipinski definition) is 1. The van der Waals surface area contributed by atoms with Crippen LogP contribution in [0.15, 0.2) is 36.4 Å². The Morgan fingerprint density at radius 3 is 2.54 bits per heavy atom. The zero-order valence-corrected chi connectivity index (χ0v) is 14.3. The third-order valence-corrected chi connectivity index (χ3v) is 4.25. The average molecular weight is 329 g/mol. The highest BCUT2D eigenvalue weighted by Gasteiger charge is 2.21. The van der Waals surface area contributed by atoms with Crippen LogP contribution in [0.4, 0.5) is 0 Å². The van der Waals surface area contributed by atoms with Crippen LogP contribution in [0.1, 0.15) is 11.1 Å². The van der Waals surface area contributed by atoms with Gasteiger partial charge in [0.1, 0.15) is 12.4 Å². The Morgan fingerprint density at radius 1 is 1.00 bits per heavy atom. The lowest BCUT2D eigenvalue weighted by Crippen LogP contribution is -2.38. The van der Waals surface area contributed by atoms with Crippen molar-refractivity contribution in [1.29, 1.82) is 0 Å². The van der Waals surface area contributed by atoms with Crippen molar-refractivity contribution in [3.63, 3.8) is 0 Å². The van der Waals surface area contributed by atoms with Gasteiger partial charge in [-0.05, 0) is 24.1 Å². The number of methoxy groups -OCH3 is 3. The van der Waals surface area contributed by atoms with Crippen molar-refractivity contribution >= 4 is 0 Å². The van der Waals surface area contributed by atoms with E-state index in [1.54, 1.807) is 21.3 Å². The largest absolute Gasteiger partial charge is 0.493 e. The Hall–Kier alpha value is -2.40. The second kappa shape index (κ2) is 7.45. The van der Waals surface area contributed by atoms with E-state index in [1.165, 1.54) is 5.56 Å². The molecule has 1 aliphatic rings. The summed E-state index contributed by atoms with van der Waals surface area (Å²) in [5.74, 6) is 2.96. The summed E-state index contributed by atoms with van der Waals surface area (Å²) >= 11 is 0. The second-order valence-electron chi connectivity index (χ2n) is 5.69. The molecule has 0 amide bonds. The van der Waals surface area contributed by atoms with E-state index in [2.05, 4.69) is 11.4 Å². The lowest BCUT2D eigenvalue weighted by molar-refractivity contribution is 0.237. The smallest absolute Gasteiger partial charge is 0.203 e. The summed E-state index contributed by atoms with van der Waals surface area (Å²) in [5, 5.41) is 3.54. The molecule has 0 saturated heterocycles. The third kappa shape index (κ3) is 3.26. The van der Waals surface area contributed by atoms with Crippen LogP contribution >= 0.6 is 0 Å². The zero-order valence-electron chi connectivity index (χ0n) is 14.3. The van der Waals surface area contributed by atoms with Gasteiger partial charge in [-0.1, -0.05) is 24.3 Å². The van der Waals surface area contributed by atoms with Crippen molar-refractivity contribution in [3.8, 4) is 23.0 Å². The molecule has 0 bridgehead atoms. The number of benzene rings is 2. The van der Waals surface area contributed by atoms with Crippen LogP contribution < -0.4 is 24.3 Å². The van der Waals surface area contributed by atoms with Gasteiger partial charge in [0.15, 0.2) is 11.5 Å². The van der Waals surface area contributed by atoms with E-state index in [9.17, 15) is 0 Å². The molecule has 0 unspecified atom stereocenters. The molecule has 5 nitrogen and oxygen atoms in total. The molecular formula is C19H23NO4. The molecule has 5 heteroatoms. The van der Waals surface area contributed by atoms with Gasteiger partial charge >= 0.3 is 0 Å². The van der Waals surface area contributed by atoms with E-state index >= 15 is 0 Å². The molecule has 2 aromatic carbocycles. The molecule has 1 N–H and O–H groups in total. The molecule has 0 aromatic heterocycles. The molecule has 1 atom stereocenters. The Bertz CT molecular complexity index is 702. The van der Waals surface area contributed by atoms with Crippen molar-refractivity contribution in [2.24, 2.45) is 0 Å². The highest BCUT2D eigenvalue weighted by Crippen LogP contribution is 2.39. The van der Waals surface area contributed by atoms with Crippen LogP contribution in [-0.4, -0.2) is 34.0 Å². The van der Waals surface area contributed by atoms with Gasteiger partial charge in [0.05, 0.1) is 21.3 Å². The fraction of sp³-hybridized carbons (Fsp3) is 0.368. The van der Waals surface area contributed by atoms with E-state index in [4.69, 9.17) is 18.9 Å². The maximum Gasteiger partial charge on any atom is 0.203 e. The summed E-state index contributed by atoms with van der Waals surface area (Å²) in [6.07, 6.45) is 0.950. The molecule has 0 aliphatic carbocycles. The van der Waals surface area contributed by atoms with Gasteiger partial charge in [-0.3, -0.25) is 0 Å². The summed E-state index contributed by atoms with van der Waals surface area (Å²) in [4.78, 5) is 0. The fourth-order valence-corrected chi connectivity index (χ4v) is 3.02. The first-order valence-corrected chi connectivity index (χ1v) is 7.98. The first-order valence-electron chi connectivity index (χ1n) is 7.98. The summed E-state index contributed by atoms with van der Waals surface area (Å²) in [6.45, 7) is 1.33. The van der Waals surface area contributed by atoms with Gasteiger partial charge in [0.25, 0.3) is 0 Å². The average Bonchev–Trinajstić information content (AvgIpc) is 2.65. The Labute approximate surface area is 142 Å². The molecule has 0 fully saturated rings. The SMILES string of the molecule is COc1ccc(CN[C@@H]2COc3ccccc3C2)c(OC)c1OC. The van der Waals surface area contributed by atoms with Crippen LogP contribution in [0.2, 0.25) is 0 Å². The van der Waals surface area contributed by atoms with E-state index in [-0.39, 0.29) is 6.04 Å². The van der Waals surface area contributed by atoms with Crippen LogP contribution in [0.3, 0.4) is 0 Å². The molecule has 1 heterocycles. The minimum Gasteiger partial charge on any atom is -0.493 e. The van der Waals surface area contributed by atoms with Crippen LogP contribution in [0.5, 0.6) is 23.0 Å². The highest BCUT2D eigenvalue weighted by atomic mass is 16.5. The molecule has 1 aliphatic heterocycles. The number of ether oxygens (including phenoxy) is 4. The van der Waals surface area contributed by atoms with Crippen molar-refractivity contribution in [1.82, 2.24) is 5.32 Å². The van der Waals surface area contributed by atoms with Crippen molar-refractivity contribution in [3.05, 3.63) is 47.5 Å². The summed E-state index contributed by atoms with van der Waals surface area (Å²) in [6, 6.07) is 12.3. The standard InChI is InChI=1S/C19H23NO4/c1-21-17-9-8-14(18(22-2)19(17)23-3)11-20-15-10-13-6-4-5-7-16(13)24-12-15/h4-9,15,20H,10-12H2,1-3H3/t15-/m0/s1. The van der Waals surface area contributed by atoms with Gasteiger partial charge in [0, 0.05) is 18.2 Å². The lowest BCUT2D eigenvalue weighted by Gasteiger charge is -2.26. The van der Waals surface area contributed by atoms with E-state index in [0.717, 1.165) is 17.7 Å². The predicted molar refractivity (Wildman–Crippen MR) is 92.4 cm³/mol. The van der Waals surface area contributed by atoms with Crippen molar-refractivity contribution < 1.29 is 18.9 Å². The lowest BCUT2D eigenvalue weighted by atomic mass is 10.0. The number of para-hydroxylation sites is 1. The second-order valence-corrected chi connectivity index (χ2v) is 5.69. The van der Waals surface area contributed by atoms with Crippen LogP contribution in [-0.2, 0) is 13.0 Å². The van der Waals surface area contributed by atoms with Gasteiger partial charge in [-0.2, -0.15) is 0 Å². The predicted octanol–water partition coefficient (Wildman–Crippen LogP) is 2.81. The van der Waals surface area contributed by atoms with Gasteiger partial charge in [-0.15, -0.1) is 0 Å². The van der Waals surface area contributed by atoms with E-state index < -0.39 is 0 Å². The van der Waals surface area contributed by atoms with Gasteiger partial charge < -0.3 is 24.3 Å². The van der Waals surface area contributed by atoms with E-state index in [1.807, 2.05) is 30.3 Å². The number of nitrogens with one attached hydrogen (secondary N) is 1. The maximum absolute atomic E-state index is 5.82. The Balaban J connectivity index is 1.71. The molecule has 0 radical (unpaired) electrons. The van der Waals surface area contributed by atoms with Crippen molar-refractivity contribution in [2.75, 3.05) is 27.9 Å². The summed E-state index contributed by atoms with van der Waals surface area (Å²) in [7, 11) is 4.87. The Kier molecular flexibility index (Phi) is 5.11. The third-order valence-electron chi connectivity index (χ3n) is 4.25. The molecule has 0 spiro atoms. The quantitative estimate of drug-likeness (QED) is 0.883. The maximum atomic E-state index is 5.82. The minimum atomic E-state index is 0.262. The molecule has 128 valence electrons. The number of fused-ring (bicyclic) bond motifs is 1. The molecule has 2 aromatic rings. The van der Waals surface area contributed by atoms with E-state index in [0.29, 0.717) is 30.4 Å². The highest BCUT2D eigenvalue weighted by molar-refractivity contribution is 5.55. The van der Waals surface area contributed by atoms with Crippen LogP contribution in [0.25, 0.3) is 0 Å². The Morgan fingerprint density at radius 2 is 1.79 bits per heavy atom. The normalized spacial score (nSPS) is 16.0. The topological polar surface area (TPSA) is 49.0 Å².